The summed E-state index contributed by atoms with van der Waals surface area (Å²) in [5, 5.41) is 2.56. The molecule has 2 N–H and O–H groups in total. The molecule has 6 nitrogen and oxygen atoms in total. The number of sulfonamides is 1. The van der Waals surface area contributed by atoms with Crippen LogP contribution in [-0.2, 0) is 14.8 Å². The lowest BCUT2D eigenvalue weighted by Crippen LogP contribution is -2.36. The van der Waals surface area contributed by atoms with E-state index in [4.69, 9.17) is 4.74 Å². The first-order valence-corrected chi connectivity index (χ1v) is 8.13. The van der Waals surface area contributed by atoms with Crippen molar-refractivity contribution in [2.24, 2.45) is 5.92 Å². The van der Waals surface area contributed by atoms with Gasteiger partial charge in [0, 0.05) is 13.0 Å². The fourth-order valence-electron chi connectivity index (χ4n) is 1.59. The van der Waals surface area contributed by atoms with Gasteiger partial charge in [0.1, 0.15) is 5.75 Å². The van der Waals surface area contributed by atoms with E-state index in [9.17, 15) is 13.2 Å². The molecule has 0 saturated heterocycles. The van der Waals surface area contributed by atoms with Gasteiger partial charge < -0.3 is 10.1 Å². The average molecular weight is 314 g/mol. The van der Waals surface area contributed by atoms with Crippen molar-refractivity contribution in [1.29, 1.82) is 0 Å². The van der Waals surface area contributed by atoms with Crippen molar-refractivity contribution in [3.8, 4) is 5.75 Å². The minimum absolute atomic E-state index is 0.0829. The van der Waals surface area contributed by atoms with Gasteiger partial charge in [0.15, 0.2) is 0 Å². The topological polar surface area (TPSA) is 84.5 Å². The molecule has 0 bridgehead atoms. The van der Waals surface area contributed by atoms with E-state index < -0.39 is 10.0 Å². The molecule has 1 amide bonds. The third-order valence-electron chi connectivity index (χ3n) is 3.13. The van der Waals surface area contributed by atoms with Crippen molar-refractivity contribution in [2.75, 3.05) is 12.4 Å². The van der Waals surface area contributed by atoms with E-state index in [1.807, 2.05) is 13.8 Å². The van der Waals surface area contributed by atoms with Crippen LogP contribution in [0, 0.1) is 5.92 Å². The molecule has 1 rings (SSSR count). The number of nitrogens with one attached hydrogen (secondary N) is 2. The van der Waals surface area contributed by atoms with Crippen molar-refractivity contribution >= 4 is 21.6 Å². The Hall–Kier alpha value is -1.60. The van der Waals surface area contributed by atoms with Crippen LogP contribution in [0.5, 0.6) is 5.75 Å². The first-order chi connectivity index (χ1) is 9.67. The summed E-state index contributed by atoms with van der Waals surface area (Å²) < 4.78 is 32.4. The highest BCUT2D eigenvalue weighted by molar-refractivity contribution is 7.89. The van der Waals surface area contributed by atoms with Crippen LogP contribution in [-0.4, -0.2) is 27.5 Å². The largest absolute Gasteiger partial charge is 0.495 e. The van der Waals surface area contributed by atoms with Gasteiger partial charge in [-0.1, -0.05) is 13.8 Å². The van der Waals surface area contributed by atoms with E-state index in [1.54, 1.807) is 6.92 Å². The number of methoxy groups -OCH3 is 1. The van der Waals surface area contributed by atoms with E-state index >= 15 is 0 Å². The van der Waals surface area contributed by atoms with Crippen LogP contribution >= 0.6 is 0 Å². The Morgan fingerprint density at radius 2 is 1.86 bits per heavy atom. The average Bonchev–Trinajstić information content (AvgIpc) is 2.37. The predicted octanol–water partition coefficient (Wildman–Crippen LogP) is 1.98. The molecule has 1 aromatic rings. The third kappa shape index (κ3) is 4.71. The molecular weight excluding hydrogens is 292 g/mol. The van der Waals surface area contributed by atoms with Crippen molar-refractivity contribution in [3.05, 3.63) is 18.2 Å². The van der Waals surface area contributed by atoms with Crippen molar-refractivity contribution in [1.82, 2.24) is 4.72 Å². The lowest BCUT2D eigenvalue weighted by Gasteiger charge is -2.18. The number of benzene rings is 1. The molecule has 21 heavy (non-hydrogen) atoms. The molecule has 0 unspecified atom stereocenters. The molecule has 0 radical (unpaired) electrons. The zero-order chi connectivity index (χ0) is 16.2. The minimum Gasteiger partial charge on any atom is -0.495 e. The number of hydrogen-bond donors (Lipinski definition) is 2. The molecule has 1 aromatic carbocycles. The SMILES string of the molecule is COc1ccc(S(=O)(=O)N[C@H](C)C(C)C)cc1NC(C)=O. The zero-order valence-electron chi connectivity index (χ0n) is 12.9. The lowest BCUT2D eigenvalue weighted by molar-refractivity contribution is -0.114. The van der Waals surface area contributed by atoms with Crippen LogP contribution < -0.4 is 14.8 Å². The van der Waals surface area contributed by atoms with Crippen molar-refractivity contribution < 1.29 is 17.9 Å². The fourth-order valence-corrected chi connectivity index (χ4v) is 3.01. The summed E-state index contributed by atoms with van der Waals surface area (Å²) in [6.07, 6.45) is 0. The number of ether oxygens (including phenoxy) is 1. The van der Waals surface area contributed by atoms with E-state index in [1.165, 1.54) is 32.2 Å². The smallest absolute Gasteiger partial charge is 0.240 e. The van der Waals surface area contributed by atoms with Gasteiger partial charge in [-0.05, 0) is 31.0 Å². The maximum atomic E-state index is 12.3. The summed E-state index contributed by atoms with van der Waals surface area (Å²) in [4.78, 5) is 11.3. The molecular formula is C14H22N2O4S. The van der Waals surface area contributed by atoms with Gasteiger partial charge in [-0.15, -0.1) is 0 Å². The van der Waals surface area contributed by atoms with Gasteiger partial charge in [0.25, 0.3) is 0 Å². The van der Waals surface area contributed by atoms with Crippen molar-refractivity contribution in [2.45, 2.75) is 38.6 Å². The molecule has 118 valence electrons. The number of anilines is 1. The van der Waals surface area contributed by atoms with Crippen LogP contribution in [0.4, 0.5) is 5.69 Å². The van der Waals surface area contributed by atoms with E-state index in [-0.39, 0.29) is 22.8 Å². The lowest BCUT2D eigenvalue weighted by atomic mass is 10.1. The highest BCUT2D eigenvalue weighted by Gasteiger charge is 2.20. The van der Waals surface area contributed by atoms with E-state index in [0.717, 1.165) is 0 Å². The highest BCUT2D eigenvalue weighted by Crippen LogP contribution is 2.27. The Morgan fingerprint density at radius 3 is 2.33 bits per heavy atom. The predicted molar refractivity (Wildman–Crippen MR) is 81.9 cm³/mol. The van der Waals surface area contributed by atoms with Gasteiger partial charge in [0.05, 0.1) is 17.7 Å². The van der Waals surface area contributed by atoms with Gasteiger partial charge in [0.2, 0.25) is 15.9 Å². The Bertz CT molecular complexity index is 611. The van der Waals surface area contributed by atoms with Crippen molar-refractivity contribution in [3.63, 3.8) is 0 Å². The number of amides is 1. The first kappa shape index (κ1) is 17.5. The molecule has 0 saturated carbocycles. The Labute approximate surface area is 125 Å². The summed E-state index contributed by atoms with van der Waals surface area (Å²) in [5.74, 6) is 0.278. The van der Waals surface area contributed by atoms with Gasteiger partial charge in [-0.25, -0.2) is 13.1 Å². The highest BCUT2D eigenvalue weighted by atomic mass is 32.2. The zero-order valence-corrected chi connectivity index (χ0v) is 13.7. The molecule has 7 heteroatoms. The van der Waals surface area contributed by atoms with Crippen LogP contribution in [0.1, 0.15) is 27.7 Å². The van der Waals surface area contributed by atoms with Crippen LogP contribution in [0.2, 0.25) is 0 Å². The Kier molecular flexibility index (Phi) is 5.74. The molecule has 1 atom stereocenters. The van der Waals surface area contributed by atoms with E-state index in [2.05, 4.69) is 10.0 Å². The quantitative estimate of drug-likeness (QED) is 0.841. The number of rotatable bonds is 6. The summed E-state index contributed by atoms with van der Waals surface area (Å²) in [6.45, 7) is 7.02. The standard InChI is InChI=1S/C14H22N2O4S/c1-9(2)10(3)16-21(18,19)12-6-7-14(20-5)13(8-12)15-11(4)17/h6-10,16H,1-5H3,(H,15,17)/t10-/m1/s1. The van der Waals surface area contributed by atoms with Crippen LogP contribution in [0.25, 0.3) is 0 Å². The molecule has 0 aliphatic rings. The Morgan fingerprint density at radius 1 is 1.24 bits per heavy atom. The molecule has 0 fully saturated rings. The molecule has 0 aliphatic heterocycles. The number of carbonyl (C=O) groups is 1. The van der Waals surface area contributed by atoms with Gasteiger partial charge in [-0.2, -0.15) is 0 Å². The number of hydrogen-bond acceptors (Lipinski definition) is 4. The maximum Gasteiger partial charge on any atom is 0.240 e. The second-order valence-electron chi connectivity index (χ2n) is 5.20. The van der Waals surface area contributed by atoms with E-state index in [0.29, 0.717) is 11.4 Å². The first-order valence-electron chi connectivity index (χ1n) is 6.65. The second-order valence-corrected chi connectivity index (χ2v) is 6.91. The van der Waals surface area contributed by atoms with Gasteiger partial charge >= 0.3 is 0 Å². The summed E-state index contributed by atoms with van der Waals surface area (Å²) >= 11 is 0. The maximum absolute atomic E-state index is 12.3. The molecule has 0 aliphatic carbocycles. The summed E-state index contributed by atoms with van der Waals surface area (Å²) in [5.41, 5.74) is 0.324. The van der Waals surface area contributed by atoms with Crippen LogP contribution in [0.15, 0.2) is 23.1 Å². The van der Waals surface area contributed by atoms with Crippen LogP contribution in [0.3, 0.4) is 0 Å². The normalized spacial score (nSPS) is 13.0. The Balaban J connectivity index is 3.15. The monoisotopic (exact) mass is 314 g/mol. The molecule has 0 spiro atoms. The summed E-state index contributed by atoms with van der Waals surface area (Å²) in [7, 11) is -2.19. The molecule has 0 heterocycles. The minimum atomic E-state index is -3.64. The molecule has 0 aromatic heterocycles. The fraction of sp³-hybridized carbons (Fsp3) is 0.500. The third-order valence-corrected chi connectivity index (χ3v) is 4.69. The second kappa shape index (κ2) is 6.91. The van der Waals surface area contributed by atoms with Gasteiger partial charge in [-0.3, -0.25) is 4.79 Å². The number of carbonyl (C=O) groups excluding carboxylic acids is 1. The summed E-state index contributed by atoms with van der Waals surface area (Å²) in [6, 6.07) is 4.15.